The quantitative estimate of drug-likeness (QED) is 0.908. The van der Waals surface area contributed by atoms with Crippen LogP contribution in [0.15, 0.2) is 15.2 Å². The summed E-state index contributed by atoms with van der Waals surface area (Å²) in [4.78, 5) is 14.5. The van der Waals surface area contributed by atoms with Gasteiger partial charge in [0, 0.05) is 18.0 Å². The first-order valence-electron chi connectivity index (χ1n) is 5.99. The molecule has 3 aliphatic heterocycles. The number of carbonyl (C=O) groups is 1. The Morgan fingerprint density at radius 2 is 2.24 bits per heavy atom. The van der Waals surface area contributed by atoms with E-state index in [2.05, 4.69) is 26.1 Å². The zero-order valence-corrected chi connectivity index (χ0v) is 11.9. The number of nitrogens with zero attached hydrogens (tertiary/aromatic N) is 1. The number of hydrogen-bond acceptors (Lipinski definition) is 3. The standard InChI is InChI=1S/C12H15BrN2OS/c13-11-5-9(7-17-11)12(16)14-10-6-15-3-1-8(10)2-4-15/h5,7-8,10H,1-4,6H2,(H,14,16). The Kier molecular flexibility index (Phi) is 3.23. The van der Waals surface area contributed by atoms with Crippen molar-refractivity contribution in [2.24, 2.45) is 5.92 Å². The third kappa shape index (κ3) is 2.41. The topological polar surface area (TPSA) is 32.3 Å². The number of fused-ring (bicyclic) bond motifs is 3. The van der Waals surface area contributed by atoms with Crippen LogP contribution in [0.2, 0.25) is 0 Å². The number of piperidine rings is 3. The Morgan fingerprint density at radius 1 is 1.47 bits per heavy atom. The maximum Gasteiger partial charge on any atom is 0.252 e. The number of hydrogen-bond donors (Lipinski definition) is 1. The van der Waals surface area contributed by atoms with Gasteiger partial charge in [0.1, 0.15) is 0 Å². The molecule has 4 rings (SSSR count). The summed E-state index contributed by atoms with van der Waals surface area (Å²) >= 11 is 4.94. The van der Waals surface area contributed by atoms with Crippen molar-refractivity contribution in [3.63, 3.8) is 0 Å². The molecule has 3 aliphatic rings. The minimum absolute atomic E-state index is 0.0747. The number of thiophene rings is 1. The van der Waals surface area contributed by atoms with Crippen molar-refractivity contribution >= 4 is 33.2 Å². The average Bonchev–Trinajstić information content (AvgIpc) is 2.77. The second-order valence-electron chi connectivity index (χ2n) is 4.86. The number of carbonyl (C=O) groups excluding carboxylic acids is 1. The third-order valence-electron chi connectivity index (χ3n) is 3.80. The van der Waals surface area contributed by atoms with Gasteiger partial charge in [-0.05, 0) is 53.8 Å². The lowest BCUT2D eigenvalue weighted by Gasteiger charge is -2.44. The highest BCUT2D eigenvalue weighted by Crippen LogP contribution is 2.28. The van der Waals surface area contributed by atoms with E-state index in [4.69, 9.17) is 0 Å². The normalized spacial score (nSPS) is 31.5. The van der Waals surface area contributed by atoms with Crippen LogP contribution < -0.4 is 5.32 Å². The predicted octanol–water partition coefficient (Wildman–Crippen LogP) is 2.33. The van der Waals surface area contributed by atoms with Crippen LogP contribution in [0.1, 0.15) is 23.2 Å². The molecule has 3 saturated heterocycles. The number of rotatable bonds is 2. The first-order chi connectivity index (χ1) is 8.22. The fraction of sp³-hybridized carbons (Fsp3) is 0.583. The van der Waals surface area contributed by atoms with Gasteiger partial charge < -0.3 is 10.2 Å². The largest absolute Gasteiger partial charge is 0.348 e. The Bertz CT molecular complexity index is 426. The van der Waals surface area contributed by atoms with Crippen molar-refractivity contribution in [3.8, 4) is 0 Å². The van der Waals surface area contributed by atoms with Gasteiger partial charge in [-0.25, -0.2) is 0 Å². The SMILES string of the molecule is O=C(NC1CN2CCC1CC2)c1csc(Br)c1. The van der Waals surface area contributed by atoms with E-state index in [9.17, 15) is 4.79 Å². The highest BCUT2D eigenvalue weighted by Gasteiger charge is 2.34. The van der Waals surface area contributed by atoms with Crippen LogP contribution in [0.3, 0.4) is 0 Å². The lowest BCUT2D eigenvalue weighted by Crippen LogP contribution is -2.57. The smallest absolute Gasteiger partial charge is 0.252 e. The van der Waals surface area contributed by atoms with E-state index in [0.29, 0.717) is 12.0 Å². The minimum Gasteiger partial charge on any atom is -0.348 e. The minimum atomic E-state index is 0.0747. The molecule has 0 spiro atoms. The monoisotopic (exact) mass is 314 g/mol. The molecule has 0 aromatic carbocycles. The van der Waals surface area contributed by atoms with Gasteiger partial charge in [0.25, 0.3) is 5.91 Å². The maximum atomic E-state index is 12.1. The molecular formula is C12H15BrN2OS. The fourth-order valence-electron chi connectivity index (χ4n) is 2.81. The number of halogens is 1. The van der Waals surface area contributed by atoms with Gasteiger partial charge in [0.2, 0.25) is 0 Å². The van der Waals surface area contributed by atoms with Gasteiger partial charge in [-0.3, -0.25) is 4.79 Å². The molecule has 2 bridgehead atoms. The van der Waals surface area contributed by atoms with E-state index >= 15 is 0 Å². The predicted molar refractivity (Wildman–Crippen MR) is 72.4 cm³/mol. The molecule has 92 valence electrons. The molecule has 1 atom stereocenters. The molecule has 17 heavy (non-hydrogen) atoms. The molecule has 0 saturated carbocycles. The van der Waals surface area contributed by atoms with Crippen molar-refractivity contribution in [2.45, 2.75) is 18.9 Å². The Hall–Kier alpha value is -0.390. The fourth-order valence-corrected chi connectivity index (χ4v) is 3.95. The summed E-state index contributed by atoms with van der Waals surface area (Å²) in [5.41, 5.74) is 0.776. The van der Waals surface area contributed by atoms with E-state index in [1.807, 2.05) is 11.4 Å². The van der Waals surface area contributed by atoms with E-state index in [1.165, 1.54) is 25.9 Å². The highest BCUT2D eigenvalue weighted by molar-refractivity contribution is 9.11. The number of amides is 1. The second kappa shape index (κ2) is 4.71. The Morgan fingerprint density at radius 3 is 2.76 bits per heavy atom. The van der Waals surface area contributed by atoms with Gasteiger partial charge in [-0.2, -0.15) is 0 Å². The van der Waals surface area contributed by atoms with E-state index < -0.39 is 0 Å². The van der Waals surface area contributed by atoms with Crippen LogP contribution in [0.25, 0.3) is 0 Å². The first-order valence-corrected chi connectivity index (χ1v) is 7.67. The summed E-state index contributed by atoms with van der Waals surface area (Å²) in [5.74, 6) is 0.761. The summed E-state index contributed by atoms with van der Waals surface area (Å²) in [7, 11) is 0. The van der Waals surface area contributed by atoms with Crippen LogP contribution in [-0.2, 0) is 0 Å². The van der Waals surface area contributed by atoms with E-state index in [1.54, 1.807) is 11.3 Å². The van der Waals surface area contributed by atoms with Gasteiger partial charge >= 0.3 is 0 Å². The lowest BCUT2D eigenvalue weighted by atomic mass is 9.84. The van der Waals surface area contributed by atoms with Crippen molar-refractivity contribution in [1.82, 2.24) is 10.2 Å². The Balaban J connectivity index is 1.65. The molecule has 1 N–H and O–H groups in total. The molecule has 4 heterocycles. The van der Waals surface area contributed by atoms with Crippen molar-refractivity contribution in [1.29, 1.82) is 0 Å². The first kappa shape index (κ1) is 11.7. The zero-order valence-electron chi connectivity index (χ0n) is 9.49. The average molecular weight is 315 g/mol. The molecule has 1 aromatic rings. The molecule has 1 aromatic heterocycles. The summed E-state index contributed by atoms with van der Waals surface area (Å²) < 4.78 is 1.01. The summed E-state index contributed by atoms with van der Waals surface area (Å²) in [5, 5.41) is 5.09. The lowest BCUT2D eigenvalue weighted by molar-refractivity contribution is 0.0620. The molecule has 0 radical (unpaired) electrons. The van der Waals surface area contributed by atoms with Gasteiger partial charge in [0.05, 0.1) is 9.35 Å². The molecule has 1 amide bonds. The number of nitrogens with one attached hydrogen (secondary N) is 1. The van der Waals surface area contributed by atoms with Crippen LogP contribution in [-0.4, -0.2) is 36.5 Å². The van der Waals surface area contributed by atoms with Gasteiger partial charge in [-0.1, -0.05) is 0 Å². The maximum absolute atomic E-state index is 12.1. The molecular weight excluding hydrogens is 300 g/mol. The molecule has 0 aliphatic carbocycles. The zero-order chi connectivity index (χ0) is 11.8. The van der Waals surface area contributed by atoms with Crippen molar-refractivity contribution in [2.75, 3.05) is 19.6 Å². The molecule has 5 heteroatoms. The van der Waals surface area contributed by atoms with Crippen LogP contribution in [0.5, 0.6) is 0 Å². The summed E-state index contributed by atoms with van der Waals surface area (Å²) in [6.07, 6.45) is 2.47. The molecule has 3 nitrogen and oxygen atoms in total. The molecule has 1 unspecified atom stereocenters. The summed E-state index contributed by atoms with van der Waals surface area (Å²) in [6, 6.07) is 2.24. The third-order valence-corrected chi connectivity index (χ3v) is 5.31. The van der Waals surface area contributed by atoms with Crippen LogP contribution in [0, 0.1) is 5.92 Å². The van der Waals surface area contributed by atoms with E-state index in [0.717, 1.165) is 15.9 Å². The van der Waals surface area contributed by atoms with Crippen molar-refractivity contribution < 1.29 is 4.79 Å². The van der Waals surface area contributed by atoms with Crippen LogP contribution in [0.4, 0.5) is 0 Å². The second-order valence-corrected chi connectivity index (χ2v) is 7.15. The van der Waals surface area contributed by atoms with Gasteiger partial charge in [0.15, 0.2) is 0 Å². The van der Waals surface area contributed by atoms with Gasteiger partial charge in [-0.15, -0.1) is 11.3 Å². The Labute approximate surface area is 113 Å². The highest BCUT2D eigenvalue weighted by atomic mass is 79.9. The van der Waals surface area contributed by atoms with E-state index in [-0.39, 0.29) is 5.91 Å². The molecule has 3 fully saturated rings. The van der Waals surface area contributed by atoms with Crippen molar-refractivity contribution in [3.05, 3.63) is 20.8 Å². The summed E-state index contributed by atoms with van der Waals surface area (Å²) in [6.45, 7) is 3.45. The van der Waals surface area contributed by atoms with Crippen LogP contribution >= 0.6 is 27.3 Å².